The second kappa shape index (κ2) is 6.24. The molecule has 1 fully saturated rings. The Balaban J connectivity index is 2.05. The quantitative estimate of drug-likeness (QED) is 0.875. The Morgan fingerprint density at radius 1 is 1.40 bits per heavy atom. The van der Waals surface area contributed by atoms with Gasteiger partial charge in [-0.1, -0.05) is 6.92 Å². The maximum atomic E-state index is 10.7. The Morgan fingerprint density at radius 2 is 2.05 bits per heavy atom. The first kappa shape index (κ1) is 15.5. The zero-order chi connectivity index (χ0) is 14.8. The minimum atomic E-state index is -0.416. The Bertz CT molecular complexity index is 436. The average molecular weight is 281 g/mol. The van der Waals surface area contributed by atoms with Crippen LogP contribution in [0.1, 0.15) is 32.2 Å². The Hall–Kier alpha value is -0.910. The van der Waals surface area contributed by atoms with Crippen molar-refractivity contribution in [2.45, 2.75) is 45.3 Å². The molecule has 0 amide bonds. The van der Waals surface area contributed by atoms with Gasteiger partial charge in [0.05, 0.1) is 25.0 Å². The fraction of sp³-hybridized carbons (Fsp3) is 0.800. The first-order valence-electron chi connectivity index (χ1n) is 7.47. The van der Waals surface area contributed by atoms with Gasteiger partial charge in [-0.2, -0.15) is 5.10 Å². The fourth-order valence-electron chi connectivity index (χ4n) is 2.73. The van der Waals surface area contributed by atoms with Crippen LogP contribution in [0.3, 0.4) is 0 Å². The lowest BCUT2D eigenvalue weighted by atomic mass is 9.91. The molecular weight excluding hydrogens is 254 g/mol. The minimum absolute atomic E-state index is 0.250. The van der Waals surface area contributed by atoms with E-state index in [2.05, 4.69) is 36.8 Å². The largest absolute Gasteiger partial charge is 0.391 e. The summed E-state index contributed by atoms with van der Waals surface area (Å²) in [5.41, 5.74) is 1.93. The van der Waals surface area contributed by atoms with Gasteiger partial charge in [-0.05, 0) is 26.3 Å². The summed E-state index contributed by atoms with van der Waals surface area (Å²) in [6.07, 6.45) is 1.14. The molecule has 0 spiro atoms. The number of morpholine rings is 1. The van der Waals surface area contributed by atoms with Gasteiger partial charge in [-0.25, -0.2) is 0 Å². The summed E-state index contributed by atoms with van der Waals surface area (Å²) in [5, 5.41) is 15.1. The zero-order valence-corrected chi connectivity index (χ0v) is 13.1. The van der Waals surface area contributed by atoms with Crippen molar-refractivity contribution in [1.29, 1.82) is 0 Å². The number of aliphatic hydroxyl groups excluding tert-OH is 1. The number of nitrogens with zero attached hydrogens (tertiary/aromatic N) is 3. The molecule has 2 rings (SSSR count). The van der Waals surface area contributed by atoms with Crippen molar-refractivity contribution in [3.8, 4) is 0 Å². The van der Waals surface area contributed by atoms with Gasteiger partial charge in [0.15, 0.2) is 0 Å². The first-order valence-corrected chi connectivity index (χ1v) is 7.47. The van der Waals surface area contributed by atoms with Crippen molar-refractivity contribution in [1.82, 2.24) is 14.7 Å². The van der Waals surface area contributed by atoms with Gasteiger partial charge in [0.1, 0.15) is 0 Å². The molecule has 0 bridgehead atoms. The van der Waals surface area contributed by atoms with E-state index >= 15 is 0 Å². The molecule has 5 nitrogen and oxygen atoms in total. The number of aromatic nitrogens is 2. The molecular formula is C15H27N3O2. The van der Waals surface area contributed by atoms with Crippen LogP contribution < -0.4 is 0 Å². The maximum Gasteiger partial charge on any atom is 0.0773 e. The molecule has 1 N–H and O–H groups in total. The van der Waals surface area contributed by atoms with Crippen LogP contribution in [0.4, 0.5) is 0 Å². The molecule has 114 valence electrons. The molecule has 5 heteroatoms. The van der Waals surface area contributed by atoms with Crippen LogP contribution >= 0.6 is 0 Å². The lowest BCUT2D eigenvalue weighted by Gasteiger charge is -2.43. The van der Waals surface area contributed by atoms with Crippen molar-refractivity contribution >= 4 is 0 Å². The van der Waals surface area contributed by atoms with E-state index in [1.807, 2.05) is 11.7 Å². The van der Waals surface area contributed by atoms with Gasteiger partial charge in [0.25, 0.3) is 0 Å². The van der Waals surface area contributed by atoms with Crippen LogP contribution in [-0.2, 0) is 24.6 Å². The van der Waals surface area contributed by atoms with Gasteiger partial charge in [-0.3, -0.25) is 9.58 Å². The zero-order valence-electron chi connectivity index (χ0n) is 13.1. The third-order valence-electron chi connectivity index (χ3n) is 4.43. The summed E-state index contributed by atoms with van der Waals surface area (Å²) in [5.74, 6) is 0. The molecule has 0 aromatic carbocycles. The van der Waals surface area contributed by atoms with Crippen LogP contribution in [0.15, 0.2) is 6.07 Å². The topological polar surface area (TPSA) is 50.5 Å². The summed E-state index contributed by atoms with van der Waals surface area (Å²) in [7, 11) is 1.95. The number of aliphatic hydroxyl groups is 1. The second-order valence-corrected chi connectivity index (χ2v) is 6.08. The van der Waals surface area contributed by atoms with Crippen molar-refractivity contribution < 1.29 is 9.84 Å². The molecule has 1 aliphatic heterocycles. The Morgan fingerprint density at radius 3 is 2.60 bits per heavy atom. The standard InChI is InChI=1S/C15H27N3O2/c1-5-12-10-13(17(4)16-12)11-14(19)15(2,3)18-6-8-20-9-7-18/h10,14,19H,5-9,11H2,1-4H3. The van der Waals surface area contributed by atoms with Crippen LogP contribution in [-0.4, -0.2) is 57.7 Å². The number of aryl methyl sites for hydroxylation is 2. The monoisotopic (exact) mass is 281 g/mol. The van der Waals surface area contributed by atoms with E-state index in [1.165, 1.54) is 0 Å². The van der Waals surface area contributed by atoms with E-state index in [1.54, 1.807) is 0 Å². The highest BCUT2D eigenvalue weighted by Gasteiger charge is 2.35. The van der Waals surface area contributed by atoms with Crippen molar-refractivity contribution in [3.05, 3.63) is 17.5 Å². The van der Waals surface area contributed by atoms with E-state index in [9.17, 15) is 5.11 Å². The summed E-state index contributed by atoms with van der Waals surface area (Å²) in [4.78, 5) is 2.32. The highest BCUT2D eigenvalue weighted by Crippen LogP contribution is 2.23. The maximum absolute atomic E-state index is 10.7. The van der Waals surface area contributed by atoms with E-state index in [4.69, 9.17) is 4.74 Å². The average Bonchev–Trinajstić information content (AvgIpc) is 2.80. The Labute approximate surface area is 121 Å². The molecule has 1 atom stereocenters. The molecule has 0 aliphatic carbocycles. The van der Waals surface area contributed by atoms with E-state index < -0.39 is 6.10 Å². The van der Waals surface area contributed by atoms with Crippen molar-refractivity contribution in [3.63, 3.8) is 0 Å². The molecule has 0 radical (unpaired) electrons. The van der Waals surface area contributed by atoms with Gasteiger partial charge in [0.2, 0.25) is 0 Å². The van der Waals surface area contributed by atoms with Gasteiger partial charge < -0.3 is 9.84 Å². The predicted molar refractivity (Wildman–Crippen MR) is 78.8 cm³/mol. The van der Waals surface area contributed by atoms with E-state index in [0.717, 1.165) is 44.1 Å². The first-order chi connectivity index (χ1) is 9.45. The summed E-state index contributed by atoms with van der Waals surface area (Å²) in [6.45, 7) is 9.59. The molecule has 1 aromatic heterocycles. The van der Waals surface area contributed by atoms with E-state index in [-0.39, 0.29) is 5.54 Å². The molecule has 1 aliphatic rings. The number of rotatable bonds is 5. The second-order valence-electron chi connectivity index (χ2n) is 6.08. The highest BCUT2D eigenvalue weighted by atomic mass is 16.5. The third-order valence-corrected chi connectivity index (χ3v) is 4.43. The van der Waals surface area contributed by atoms with Crippen LogP contribution in [0, 0.1) is 0 Å². The highest BCUT2D eigenvalue weighted by molar-refractivity contribution is 5.12. The minimum Gasteiger partial charge on any atom is -0.391 e. The van der Waals surface area contributed by atoms with Gasteiger partial charge in [-0.15, -0.1) is 0 Å². The molecule has 1 saturated heterocycles. The van der Waals surface area contributed by atoms with Crippen LogP contribution in [0.25, 0.3) is 0 Å². The van der Waals surface area contributed by atoms with E-state index in [0.29, 0.717) is 6.42 Å². The summed E-state index contributed by atoms with van der Waals surface area (Å²) >= 11 is 0. The van der Waals surface area contributed by atoms with Gasteiger partial charge >= 0.3 is 0 Å². The summed E-state index contributed by atoms with van der Waals surface area (Å²) < 4.78 is 7.28. The normalized spacial score (nSPS) is 19.2. The van der Waals surface area contributed by atoms with Gasteiger partial charge in [0, 0.05) is 37.8 Å². The Kier molecular flexibility index (Phi) is 4.83. The predicted octanol–water partition coefficient (Wildman–Crippen LogP) is 0.997. The molecule has 1 aromatic rings. The molecule has 20 heavy (non-hydrogen) atoms. The number of hydrogen-bond donors (Lipinski definition) is 1. The fourth-order valence-corrected chi connectivity index (χ4v) is 2.73. The SMILES string of the molecule is CCc1cc(CC(O)C(C)(C)N2CCOCC2)n(C)n1. The van der Waals surface area contributed by atoms with Crippen LogP contribution in [0.5, 0.6) is 0 Å². The lowest BCUT2D eigenvalue weighted by molar-refractivity contribution is -0.0616. The third kappa shape index (κ3) is 3.22. The summed E-state index contributed by atoms with van der Waals surface area (Å²) in [6, 6.07) is 2.10. The lowest BCUT2D eigenvalue weighted by Crippen LogP contribution is -2.56. The number of ether oxygens (including phenoxy) is 1. The molecule has 0 saturated carbocycles. The number of hydrogen-bond acceptors (Lipinski definition) is 4. The van der Waals surface area contributed by atoms with Crippen LogP contribution in [0.2, 0.25) is 0 Å². The smallest absolute Gasteiger partial charge is 0.0773 e. The molecule has 1 unspecified atom stereocenters. The van der Waals surface area contributed by atoms with Crippen molar-refractivity contribution in [2.24, 2.45) is 7.05 Å². The molecule has 2 heterocycles. The van der Waals surface area contributed by atoms with Crippen molar-refractivity contribution in [2.75, 3.05) is 26.3 Å².